The summed E-state index contributed by atoms with van der Waals surface area (Å²) in [6.45, 7) is 9.27. The Hall–Kier alpha value is -0.590. The Morgan fingerprint density at radius 2 is 2.06 bits per heavy atom. The van der Waals surface area contributed by atoms with Crippen LogP contribution in [0.15, 0.2) is 0 Å². The van der Waals surface area contributed by atoms with Crippen molar-refractivity contribution in [3.8, 4) is 6.07 Å². The molecule has 1 saturated carbocycles. The van der Waals surface area contributed by atoms with Crippen LogP contribution in [0.3, 0.4) is 0 Å². The smallest absolute Gasteiger partial charge is 0.116 e. The highest BCUT2D eigenvalue weighted by atomic mass is 15.2. The van der Waals surface area contributed by atoms with Crippen LogP contribution in [0.2, 0.25) is 0 Å². The number of rotatable bonds is 8. The summed E-state index contributed by atoms with van der Waals surface area (Å²) in [5.41, 5.74) is -0.381. The molecular weight excluding hydrogens is 198 g/mol. The van der Waals surface area contributed by atoms with Crippen LogP contribution in [-0.4, -0.2) is 36.1 Å². The van der Waals surface area contributed by atoms with E-state index >= 15 is 0 Å². The first-order valence-electron chi connectivity index (χ1n) is 6.55. The van der Waals surface area contributed by atoms with Gasteiger partial charge in [0, 0.05) is 12.6 Å². The Balaban J connectivity index is 2.48. The van der Waals surface area contributed by atoms with E-state index in [1.165, 1.54) is 19.3 Å². The molecule has 3 heteroatoms. The molecule has 0 radical (unpaired) electrons. The SMILES string of the molecule is CCCNC(C)(C#N)CN(CCC)C1CC1. The van der Waals surface area contributed by atoms with Crippen LogP contribution in [0, 0.1) is 11.3 Å². The van der Waals surface area contributed by atoms with Crippen LogP contribution in [-0.2, 0) is 0 Å². The first kappa shape index (κ1) is 13.5. The standard InChI is InChI=1S/C13H25N3/c1-4-8-15-13(3,10-14)11-16(9-5-2)12-6-7-12/h12,15H,4-9,11H2,1-3H3. The van der Waals surface area contributed by atoms with Gasteiger partial charge >= 0.3 is 0 Å². The zero-order valence-electron chi connectivity index (χ0n) is 10.9. The van der Waals surface area contributed by atoms with Crippen molar-refractivity contribution in [2.75, 3.05) is 19.6 Å². The molecule has 1 fully saturated rings. The Bertz CT molecular complexity index is 242. The number of nitrogens with one attached hydrogen (secondary N) is 1. The highest BCUT2D eigenvalue weighted by Crippen LogP contribution is 2.28. The van der Waals surface area contributed by atoms with Crippen LogP contribution in [0.1, 0.15) is 46.5 Å². The lowest BCUT2D eigenvalue weighted by molar-refractivity contribution is 0.211. The second-order valence-corrected chi connectivity index (χ2v) is 5.07. The maximum absolute atomic E-state index is 9.29. The van der Waals surface area contributed by atoms with Gasteiger partial charge in [-0.1, -0.05) is 13.8 Å². The van der Waals surface area contributed by atoms with Crippen molar-refractivity contribution in [2.24, 2.45) is 0 Å². The summed E-state index contributed by atoms with van der Waals surface area (Å²) in [5, 5.41) is 12.7. The van der Waals surface area contributed by atoms with Crippen LogP contribution in [0.25, 0.3) is 0 Å². The third-order valence-electron chi connectivity index (χ3n) is 3.11. The van der Waals surface area contributed by atoms with Crippen LogP contribution >= 0.6 is 0 Å². The van der Waals surface area contributed by atoms with Crippen LogP contribution < -0.4 is 5.32 Å². The van der Waals surface area contributed by atoms with E-state index in [-0.39, 0.29) is 5.54 Å². The normalized spacial score (nSPS) is 19.4. The van der Waals surface area contributed by atoms with Gasteiger partial charge in [-0.25, -0.2) is 0 Å². The van der Waals surface area contributed by atoms with Crippen molar-refractivity contribution in [3.05, 3.63) is 0 Å². The van der Waals surface area contributed by atoms with Gasteiger partial charge in [-0.15, -0.1) is 0 Å². The van der Waals surface area contributed by atoms with E-state index < -0.39 is 0 Å². The van der Waals surface area contributed by atoms with Gasteiger partial charge in [0.25, 0.3) is 0 Å². The molecule has 3 nitrogen and oxygen atoms in total. The molecule has 0 amide bonds. The molecule has 1 N–H and O–H groups in total. The molecule has 0 aromatic carbocycles. The molecule has 1 unspecified atom stereocenters. The van der Waals surface area contributed by atoms with E-state index in [2.05, 4.69) is 30.1 Å². The van der Waals surface area contributed by atoms with E-state index in [0.29, 0.717) is 0 Å². The quantitative estimate of drug-likeness (QED) is 0.685. The van der Waals surface area contributed by atoms with Crippen molar-refractivity contribution in [2.45, 2.75) is 58.0 Å². The molecule has 1 atom stereocenters. The maximum atomic E-state index is 9.29. The van der Waals surface area contributed by atoms with Gasteiger partial charge in [0.05, 0.1) is 6.07 Å². The zero-order valence-corrected chi connectivity index (χ0v) is 10.9. The van der Waals surface area contributed by atoms with Crippen LogP contribution in [0.5, 0.6) is 0 Å². The van der Waals surface area contributed by atoms with E-state index in [0.717, 1.165) is 32.1 Å². The van der Waals surface area contributed by atoms with Crippen molar-refractivity contribution in [3.63, 3.8) is 0 Å². The minimum Gasteiger partial charge on any atom is -0.299 e. The minimum absolute atomic E-state index is 0.381. The number of nitrogens with zero attached hydrogens (tertiary/aromatic N) is 2. The van der Waals surface area contributed by atoms with E-state index in [4.69, 9.17) is 0 Å². The van der Waals surface area contributed by atoms with E-state index in [9.17, 15) is 5.26 Å². The maximum Gasteiger partial charge on any atom is 0.116 e. The second kappa shape index (κ2) is 6.22. The summed E-state index contributed by atoms with van der Waals surface area (Å²) in [7, 11) is 0. The molecule has 1 aliphatic carbocycles. The first-order valence-corrected chi connectivity index (χ1v) is 6.55. The molecule has 0 aromatic rings. The molecule has 0 heterocycles. The summed E-state index contributed by atoms with van der Waals surface area (Å²) in [4.78, 5) is 2.48. The van der Waals surface area contributed by atoms with Crippen LogP contribution in [0.4, 0.5) is 0 Å². The summed E-state index contributed by atoms with van der Waals surface area (Å²) in [6, 6.07) is 3.18. The van der Waals surface area contributed by atoms with Gasteiger partial charge in [-0.3, -0.25) is 10.2 Å². The monoisotopic (exact) mass is 223 g/mol. The van der Waals surface area contributed by atoms with Gasteiger partial charge < -0.3 is 0 Å². The van der Waals surface area contributed by atoms with Gasteiger partial charge in [-0.2, -0.15) is 5.26 Å². The Labute approximate surface area is 99.8 Å². The highest BCUT2D eigenvalue weighted by molar-refractivity contribution is 5.07. The average Bonchev–Trinajstić information content (AvgIpc) is 3.10. The molecular formula is C13H25N3. The van der Waals surface area contributed by atoms with Crippen molar-refractivity contribution in [1.82, 2.24) is 10.2 Å². The fraction of sp³-hybridized carbons (Fsp3) is 0.923. The van der Waals surface area contributed by atoms with Crippen molar-refractivity contribution in [1.29, 1.82) is 5.26 Å². The molecule has 0 saturated heterocycles. The van der Waals surface area contributed by atoms with E-state index in [1.54, 1.807) is 0 Å². The van der Waals surface area contributed by atoms with E-state index in [1.807, 2.05) is 6.92 Å². The Morgan fingerprint density at radius 1 is 1.38 bits per heavy atom. The third kappa shape index (κ3) is 4.11. The predicted molar refractivity (Wildman–Crippen MR) is 67.2 cm³/mol. The largest absolute Gasteiger partial charge is 0.299 e. The Morgan fingerprint density at radius 3 is 2.50 bits per heavy atom. The molecule has 0 aliphatic heterocycles. The highest BCUT2D eigenvalue weighted by Gasteiger charge is 2.34. The fourth-order valence-corrected chi connectivity index (χ4v) is 2.06. The predicted octanol–water partition coefficient (Wildman–Crippen LogP) is 2.14. The number of hydrogen-bond acceptors (Lipinski definition) is 3. The Kier molecular flexibility index (Phi) is 5.24. The van der Waals surface area contributed by atoms with Gasteiger partial charge in [0.1, 0.15) is 5.54 Å². The van der Waals surface area contributed by atoms with Gasteiger partial charge in [0.15, 0.2) is 0 Å². The lowest BCUT2D eigenvalue weighted by Gasteiger charge is -2.31. The van der Waals surface area contributed by atoms with Gasteiger partial charge in [0.2, 0.25) is 0 Å². The molecule has 92 valence electrons. The summed E-state index contributed by atoms with van der Waals surface area (Å²) >= 11 is 0. The lowest BCUT2D eigenvalue weighted by atomic mass is 10.0. The third-order valence-corrected chi connectivity index (χ3v) is 3.11. The fourth-order valence-electron chi connectivity index (χ4n) is 2.06. The van der Waals surface area contributed by atoms with Crippen molar-refractivity contribution >= 4 is 0 Å². The van der Waals surface area contributed by atoms with Crippen molar-refractivity contribution < 1.29 is 0 Å². The summed E-state index contributed by atoms with van der Waals surface area (Å²) in [6.07, 6.45) is 4.88. The van der Waals surface area contributed by atoms with Gasteiger partial charge in [-0.05, 0) is 45.7 Å². The first-order chi connectivity index (χ1) is 7.65. The molecule has 0 aromatic heterocycles. The molecule has 16 heavy (non-hydrogen) atoms. The lowest BCUT2D eigenvalue weighted by Crippen LogP contribution is -2.51. The zero-order chi connectivity index (χ0) is 12.0. The average molecular weight is 223 g/mol. The molecule has 1 aliphatic rings. The summed E-state index contributed by atoms with van der Waals surface area (Å²) < 4.78 is 0. The number of nitriles is 1. The minimum atomic E-state index is -0.381. The summed E-state index contributed by atoms with van der Waals surface area (Å²) in [5.74, 6) is 0. The second-order valence-electron chi connectivity index (χ2n) is 5.07. The topological polar surface area (TPSA) is 39.1 Å². The molecule has 0 bridgehead atoms. The molecule has 1 rings (SSSR count). The number of hydrogen-bond donors (Lipinski definition) is 1. The molecule has 0 spiro atoms.